The summed E-state index contributed by atoms with van der Waals surface area (Å²) in [5.41, 5.74) is 2.01. The van der Waals surface area contributed by atoms with Crippen LogP contribution in [-0.2, 0) is 4.79 Å². The first-order chi connectivity index (χ1) is 12.8. The molecule has 1 amide bonds. The molecule has 0 fully saturated rings. The second-order valence-corrected chi connectivity index (χ2v) is 6.59. The van der Waals surface area contributed by atoms with E-state index < -0.39 is 11.7 Å². The maximum absolute atomic E-state index is 13.2. The van der Waals surface area contributed by atoms with E-state index in [-0.39, 0.29) is 11.7 Å². The Hall–Kier alpha value is -3.15. The van der Waals surface area contributed by atoms with E-state index in [1.165, 1.54) is 23.1 Å². The van der Waals surface area contributed by atoms with Gasteiger partial charge in [-0.1, -0.05) is 12.1 Å². The highest BCUT2D eigenvalue weighted by molar-refractivity contribution is 5.96. The molecule has 0 saturated carbocycles. The number of carbonyl (C=O) groups is 1. The first-order valence-corrected chi connectivity index (χ1v) is 8.48. The number of ether oxygens (including phenoxy) is 1. The van der Waals surface area contributed by atoms with Crippen molar-refractivity contribution in [3.05, 3.63) is 64.3 Å². The molecule has 27 heavy (non-hydrogen) atoms. The molecule has 3 rings (SSSR count). The maximum Gasteiger partial charge on any atom is 0.336 e. The average molecular weight is 369 g/mol. The standard InChI is InChI=1S/C21H20FNO4/c1-12-9-16(26-13(2)21(25)23(3)4)10-18-20(12)17(11-19(24)27-18)14-5-7-15(22)8-6-14/h5-11,13H,1-4H3. The molecule has 0 saturated heterocycles. The summed E-state index contributed by atoms with van der Waals surface area (Å²) in [6.45, 7) is 3.52. The van der Waals surface area contributed by atoms with Gasteiger partial charge in [-0.15, -0.1) is 0 Å². The largest absolute Gasteiger partial charge is 0.481 e. The van der Waals surface area contributed by atoms with Crippen LogP contribution in [-0.4, -0.2) is 31.0 Å². The van der Waals surface area contributed by atoms with Crippen molar-refractivity contribution >= 4 is 16.9 Å². The van der Waals surface area contributed by atoms with Crippen LogP contribution in [0.5, 0.6) is 5.75 Å². The monoisotopic (exact) mass is 369 g/mol. The highest BCUT2D eigenvalue weighted by atomic mass is 19.1. The van der Waals surface area contributed by atoms with Crippen molar-refractivity contribution in [1.82, 2.24) is 4.90 Å². The normalized spacial score (nSPS) is 12.0. The van der Waals surface area contributed by atoms with E-state index in [0.717, 1.165) is 10.9 Å². The molecule has 0 aliphatic rings. The number of nitrogens with zero attached hydrogens (tertiary/aromatic N) is 1. The van der Waals surface area contributed by atoms with Crippen LogP contribution < -0.4 is 10.4 Å². The highest BCUT2D eigenvalue weighted by Crippen LogP contribution is 2.33. The molecule has 0 aliphatic heterocycles. The van der Waals surface area contributed by atoms with Gasteiger partial charge in [-0.3, -0.25) is 4.79 Å². The first-order valence-electron chi connectivity index (χ1n) is 8.48. The molecule has 2 aromatic carbocycles. The van der Waals surface area contributed by atoms with Crippen LogP contribution in [0, 0.1) is 12.7 Å². The molecule has 1 unspecified atom stereocenters. The number of hydrogen-bond donors (Lipinski definition) is 0. The molecule has 1 aromatic heterocycles. The van der Waals surface area contributed by atoms with Crippen molar-refractivity contribution in [2.45, 2.75) is 20.0 Å². The van der Waals surface area contributed by atoms with Crippen LogP contribution in [0.2, 0.25) is 0 Å². The Bertz CT molecular complexity index is 1050. The van der Waals surface area contributed by atoms with Gasteiger partial charge < -0.3 is 14.1 Å². The maximum atomic E-state index is 13.2. The van der Waals surface area contributed by atoms with Gasteiger partial charge in [0.05, 0.1) is 0 Å². The molecular weight excluding hydrogens is 349 g/mol. The summed E-state index contributed by atoms with van der Waals surface area (Å²) in [6.07, 6.45) is -0.677. The molecule has 1 heterocycles. The fourth-order valence-electron chi connectivity index (χ4n) is 3.02. The third-order valence-electron chi connectivity index (χ3n) is 4.27. The Morgan fingerprint density at radius 2 is 1.81 bits per heavy atom. The quantitative estimate of drug-likeness (QED) is 0.657. The number of carbonyl (C=O) groups excluding carboxylic acids is 1. The second-order valence-electron chi connectivity index (χ2n) is 6.59. The van der Waals surface area contributed by atoms with Crippen LogP contribution in [0.1, 0.15) is 12.5 Å². The van der Waals surface area contributed by atoms with E-state index in [1.807, 2.05) is 6.92 Å². The number of likely N-dealkylation sites (N-methyl/N-ethyl adjacent to an activating group) is 1. The Balaban J connectivity index is 2.10. The SMILES string of the molecule is Cc1cc(OC(C)C(=O)N(C)C)cc2oc(=O)cc(-c3ccc(F)cc3)c12. The lowest BCUT2D eigenvalue weighted by Crippen LogP contribution is -2.35. The third-order valence-corrected chi connectivity index (χ3v) is 4.27. The zero-order valence-corrected chi connectivity index (χ0v) is 15.6. The second kappa shape index (κ2) is 7.23. The molecule has 0 aliphatic carbocycles. The summed E-state index contributed by atoms with van der Waals surface area (Å²) in [4.78, 5) is 25.5. The van der Waals surface area contributed by atoms with E-state index in [1.54, 1.807) is 45.3 Å². The zero-order valence-electron chi connectivity index (χ0n) is 15.6. The van der Waals surface area contributed by atoms with Gasteiger partial charge in [-0.05, 0) is 43.2 Å². The van der Waals surface area contributed by atoms with Gasteiger partial charge in [-0.2, -0.15) is 0 Å². The fourth-order valence-corrected chi connectivity index (χ4v) is 3.02. The van der Waals surface area contributed by atoms with Gasteiger partial charge in [0.15, 0.2) is 6.10 Å². The van der Waals surface area contributed by atoms with Gasteiger partial charge in [-0.25, -0.2) is 9.18 Å². The Labute approximate surface area is 156 Å². The number of fused-ring (bicyclic) bond motifs is 1. The van der Waals surface area contributed by atoms with Crippen molar-refractivity contribution in [3.63, 3.8) is 0 Å². The van der Waals surface area contributed by atoms with E-state index in [9.17, 15) is 14.0 Å². The molecule has 140 valence electrons. The van der Waals surface area contributed by atoms with Crippen molar-refractivity contribution in [2.24, 2.45) is 0 Å². The van der Waals surface area contributed by atoms with E-state index >= 15 is 0 Å². The molecule has 5 nitrogen and oxygen atoms in total. The number of halogens is 1. The highest BCUT2D eigenvalue weighted by Gasteiger charge is 2.18. The molecule has 0 bridgehead atoms. The smallest absolute Gasteiger partial charge is 0.336 e. The van der Waals surface area contributed by atoms with Crippen molar-refractivity contribution < 1.29 is 18.3 Å². The number of benzene rings is 2. The minimum absolute atomic E-state index is 0.172. The Morgan fingerprint density at radius 1 is 1.15 bits per heavy atom. The van der Waals surface area contributed by atoms with Gasteiger partial charge in [0.25, 0.3) is 5.91 Å². The average Bonchev–Trinajstić information content (AvgIpc) is 2.60. The lowest BCUT2D eigenvalue weighted by Gasteiger charge is -2.19. The van der Waals surface area contributed by atoms with Gasteiger partial charge in [0.1, 0.15) is 17.1 Å². The van der Waals surface area contributed by atoms with E-state index in [4.69, 9.17) is 9.15 Å². The van der Waals surface area contributed by atoms with Crippen molar-refractivity contribution in [1.29, 1.82) is 0 Å². The molecule has 0 radical (unpaired) electrons. The van der Waals surface area contributed by atoms with Crippen LogP contribution in [0.4, 0.5) is 4.39 Å². The molecule has 3 aromatic rings. The fraction of sp³-hybridized carbons (Fsp3) is 0.238. The number of amides is 1. The van der Waals surface area contributed by atoms with Gasteiger partial charge >= 0.3 is 5.63 Å². The predicted molar refractivity (Wildman–Crippen MR) is 101 cm³/mol. The van der Waals surface area contributed by atoms with Gasteiger partial charge in [0.2, 0.25) is 0 Å². The summed E-state index contributed by atoms with van der Waals surface area (Å²) < 4.78 is 24.3. The van der Waals surface area contributed by atoms with Crippen molar-refractivity contribution in [3.8, 4) is 16.9 Å². The van der Waals surface area contributed by atoms with Crippen LogP contribution in [0.3, 0.4) is 0 Å². The minimum atomic E-state index is -0.677. The summed E-state index contributed by atoms with van der Waals surface area (Å²) in [6, 6.07) is 10.7. The number of aryl methyl sites for hydroxylation is 1. The lowest BCUT2D eigenvalue weighted by molar-refractivity contribution is -0.135. The summed E-state index contributed by atoms with van der Waals surface area (Å²) in [5.74, 6) is -0.0886. The lowest BCUT2D eigenvalue weighted by atomic mass is 9.98. The molecule has 0 N–H and O–H groups in total. The molecule has 1 atom stereocenters. The minimum Gasteiger partial charge on any atom is -0.481 e. The zero-order chi connectivity index (χ0) is 19.7. The summed E-state index contributed by atoms with van der Waals surface area (Å²) in [7, 11) is 3.31. The van der Waals surface area contributed by atoms with Crippen molar-refractivity contribution in [2.75, 3.05) is 14.1 Å². The van der Waals surface area contributed by atoms with Crippen LogP contribution in [0.25, 0.3) is 22.1 Å². The first kappa shape index (κ1) is 18.6. The summed E-state index contributed by atoms with van der Waals surface area (Å²) >= 11 is 0. The topological polar surface area (TPSA) is 59.8 Å². The number of hydrogen-bond acceptors (Lipinski definition) is 4. The molecule has 6 heteroatoms. The van der Waals surface area contributed by atoms with Crippen LogP contribution >= 0.6 is 0 Å². The van der Waals surface area contributed by atoms with E-state index in [2.05, 4.69) is 0 Å². The summed E-state index contributed by atoms with van der Waals surface area (Å²) in [5, 5.41) is 0.736. The number of rotatable bonds is 4. The molecule has 0 spiro atoms. The Morgan fingerprint density at radius 3 is 2.44 bits per heavy atom. The van der Waals surface area contributed by atoms with Crippen LogP contribution in [0.15, 0.2) is 51.7 Å². The van der Waals surface area contributed by atoms with Gasteiger partial charge in [0, 0.05) is 37.2 Å². The molecular formula is C21H20FNO4. The third kappa shape index (κ3) is 3.84. The predicted octanol–water partition coefficient (Wildman–Crippen LogP) is 3.76. The van der Waals surface area contributed by atoms with E-state index in [0.29, 0.717) is 22.5 Å². The Kier molecular flexibility index (Phi) is 4.99.